The van der Waals surface area contributed by atoms with E-state index >= 15 is 0 Å². The second-order valence-corrected chi connectivity index (χ2v) is 7.24. The van der Waals surface area contributed by atoms with Crippen LogP contribution in [0.4, 0.5) is 0 Å². The van der Waals surface area contributed by atoms with Crippen LogP contribution in [0, 0.1) is 0 Å². The number of benzene rings is 1. The fourth-order valence-corrected chi connectivity index (χ4v) is 3.03. The largest absolute Gasteiger partial charge is 0.465 e. The molecule has 2 rings (SSSR count). The molecule has 0 saturated carbocycles. The Morgan fingerprint density at radius 2 is 1.95 bits per heavy atom. The van der Waals surface area contributed by atoms with E-state index < -0.39 is 25.7 Å². The number of methoxy groups -OCH3 is 1. The van der Waals surface area contributed by atoms with Crippen molar-refractivity contribution in [2.45, 2.75) is 0 Å². The summed E-state index contributed by atoms with van der Waals surface area (Å²) >= 11 is 1.13. The summed E-state index contributed by atoms with van der Waals surface area (Å²) in [5.41, 5.74) is 0.373. The molecule has 0 unspecified atom stereocenters. The molecule has 2 N–H and O–H groups in total. The average Bonchev–Trinajstić information content (AvgIpc) is 2.87. The van der Waals surface area contributed by atoms with E-state index in [9.17, 15) is 14.2 Å². The molecule has 0 amide bonds. The maximum absolute atomic E-state index is 11.8. The third kappa shape index (κ3) is 4.14. The van der Waals surface area contributed by atoms with Crippen molar-refractivity contribution in [2.24, 2.45) is 0 Å². The van der Waals surface area contributed by atoms with Gasteiger partial charge in [0.05, 0.1) is 18.8 Å². The van der Waals surface area contributed by atoms with E-state index in [1.54, 1.807) is 24.3 Å². The van der Waals surface area contributed by atoms with Crippen LogP contribution in [0.2, 0.25) is 0 Å². The second kappa shape index (κ2) is 6.58. The van der Waals surface area contributed by atoms with E-state index in [1.807, 2.05) is 0 Å². The Kier molecular flexibility index (Phi) is 4.97. The zero-order chi connectivity index (χ0) is 16.3. The predicted molar refractivity (Wildman–Crippen MR) is 80.4 cm³/mol. The third-order valence-electron chi connectivity index (χ3n) is 2.76. The van der Waals surface area contributed by atoms with Crippen LogP contribution < -0.4 is 0 Å². The number of carbonyl (C=O) groups excluding carboxylic acids is 2. The maximum atomic E-state index is 11.8. The second-order valence-electron chi connectivity index (χ2n) is 4.38. The summed E-state index contributed by atoms with van der Waals surface area (Å²) in [7, 11) is -2.91. The summed E-state index contributed by atoms with van der Waals surface area (Å²) < 4.78 is 20.8. The fourth-order valence-electron chi connectivity index (χ4n) is 1.70. The maximum Gasteiger partial charge on any atom is 0.348 e. The van der Waals surface area contributed by atoms with Crippen molar-refractivity contribution < 1.29 is 33.4 Å². The number of rotatable bonds is 5. The monoisotopic (exact) mass is 344 g/mol. The van der Waals surface area contributed by atoms with Gasteiger partial charge in [0.15, 0.2) is 0 Å². The SMILES string of the molecule is COC(=O)c1ccc2cc(C(=O)OCCP(=O)(O)O)sc2c1. The van der Waals surface area contributed by atoms with Gasteiger partial charge in [0, 0.05) is 4.70 Å². The molecule has 0 spiro atoms. The molecule has 0 atom stereocenters. The average molecular weight is 344 g/mol. The summed E-state index contributed by atoms with van der Waals surface area (Å²) in [6.07, 6.45) is -0.518. The van der Waals surface area contributed by atoms with Crippen LogP contribution in [-0.4, -0.2) is 41.6 Å². The molecular weight excluding hydrogens is 331 g/mol. The Hall–Kier alpha value is -1.73. The number of hydrogen-bond acceptors (Lipinski definition) is 6. The minimum absolute atomic E-state index is 0.294. The van der Waals surface area contributed by atoms with E-state index in [0.717, 1.165) is 16.7 Å². The molecule has 9 heteroatoms. The number of fused-ring (bicyclic) bond motifs is 1. The Balaban J connectivity index is 2.13. The Morgan fingerprint density at radius 1 is 1.23 bits per heavy atom. The van der Waals surface area contributed by atoms with Gasteiger partial charge in [-0.25, -0.2) is 9.59 Å². The normalized spacial score (nSPS) is 11.4. The first-order valence-electron chi connectivity index (χ1n) is 6.14. The number of hydrogen-bond donors (Lipinski definition) is 2. The van der Waals surface area contributed by atoms with Crippen molar-refractivity contribution in [2.75, 3.05) is 19.9 Å². The highest BCUT2D eigenvalue weighted by Crippen LogP contribution is 2.33. The smallest absolute Gasteiger partial charge is 0.348 e. The minimum Gasteiger partial charge on any atom is -0.465 e. The van der Waals surface area contributed by atoms with Crippen LogP contribution in [0.15, 0.2) is 24.3 Å². The standard InChI is InChI=1S/C13H13O7PS/c1-19-12(14)9-3-2-8-6-11(22-10(8)7-9)13(15)20-4-5-21(16,17)18/h2-3,6-7H,4-5H2,1H3,(H2,16,17,18). The highest BCUT2D eigenvalue weighted by Gasteiger charge is 2.17. The molecule has 1 heterocycles. The third-order valence-corrected chi connectivity index (χ3v) is 4.60. The molecule has 0 radical (unpaired) electrons. The van der Waals surface area contributed by atoms with Crippen molar-refractivity contribution in [3.63, 3.8) is 0 Å². The summed E-state index contributed by atoms with van der Waals surface area (Å²) in [6, 6.07) is 6.48. The Bertz CT molecular complexity index is 761. The van der Waals surface area contributed by atoms with Crippen LogP contribution in [0.25, 0.3) is 10.1 Å². The molecule has 7 nitrogen and oxygen atoms in total. The van der Waals surface area contributed by atoms with E-state index in [1.165, 1.54) is 7.11 Å². The van der Waals surface area contributed by atoms with Crippen molar-refractivity contribution in [3.8, 4) is 0 Å². The molecular formula is C13H13O7PS. The molecule has 0 fully saturated rings. The zero-order valence-corrected chi connectivity index (χ0v) is 13.2. The molecule has 0 aliphatic carbocycles. The molecule has 0 saturated heterocycles. The quantitative estimate of drug-likeness (QED) is 0.630. The van der Waals surface area contributed by atoms with Gasteiger partial charge in [-0.15, -0.1) is 11.3 Å². The van der Waals surface area contributed by atoms with Gasteiger partial charge in [0.2, 0.25) is 0 Å². The van der Waals surface area contributed by atoms with Gasteiger partial charge in [-0.3, -0.25) is 4.57 Å². The summed E-state index contributed by atoms with van der Waals surface area (Å²) in [5.74, 6) is -1.13. The molecule has 0 aliphatic rings. The summed E-state index contributed by atoms with van der Waals surface area (Å²) in [6.45, 7) is -0.356. The first-order valence-corrected chi connectivity index (χ1v) is 8.75. The van der Waals surface area contributed by atoms with Crippen LogP contribution in [0.1, 0.15) is 20.0 Å². The molecule has 118 valence electrons. The van der Waals surface area contributed by atoms with E-state index in [0.29, 0.717) is 15.1 Å². The lowest BCUT2D eigenvalue weighted by molar-refractivity contribution is 0.0530. The Labute approximate surface area is 129 Å². The highest BCUT2D eigenvalue weighted by atomic mass is 32.1. The van der Waals surface area contributed by atoms with Gasteiger partial charge in [-0.1, -0.05) is 6.07 Å². The number of ether oxygens (including phenoxy) is 2. The van der Waals surface area contributed by atoms with Crippen molar-refractivity contribution in [1.29, 1.82) is 0 Å². The lowest BCUT2D eigenvalue weighted by Crippen LogP contribution is -2.07. The van der Waals surface area contributed by atoms with Gasteiger partial charge in [-0.05, 0) is 23.6 Å². The summed E-state index contributed by atoms with van der Waals surface area (Å²) in [4.78, 5) is 41.0. The first-order chi connectivity index (χ1) is 10.3. The Morgan fingerprint density at radius 3 is 2.59 bits per heavy atom. The zero-order valence-electron chi connectivity index (χ0n) is 11.5. The fraction of sp³-hybridized carbons (Fsp3) is 0.231. The molecule has 2 aromatic rings. The topological polar surface area (TPSA) is 110 Å². The number of esters is 2. The van der Waals surface area contributed by atoms with Crippen LogP contribution in [-0.2, 0) is 14.0 Å². The molecule has 0 bridgehead atoms. The van der Waals surface area contributed by atoms with E-state index in [4.69, 9.17) is 14.5 Å². The van der Waals surface area contributed by atoms with Gasteiger partial charge in [-0.2, -0.15) is 0 Å². The number of carbonyl (C=O) groups is 2. The highest BCUT2D eigenvalue weighted by molar-refractivity contribution is 7.51. The lowest BCUT2D eigenvalue weighted by Gasteiger charge is -2.04. The number of thiophene rings is 1. The van der Waals surface area contributed by atoms with Crippen LogP contribution >= 0.6 is 18.9 Å². The molecule has 22 heavy (non-hydrogen) atoms. The van der Waals surface area contributed by atoms with Gasteiger partial charge in [0.1, 0.15) is 11.5 Å². The lowest BCUT2D eigenvalue weighted by atomic mass is 10.2. The van der Waals surface area contributed by atoms with Crippen molar-refractivity contribution >= 4 is 41.0 Å². The van der Waals surface area contributed by atoms with Crippen molar-refractivity contribution in [3.05, 3.63) is 34.7 Å². The molecule has 0 aliphatic heterocycles. The van der Waals surface area contributed by atoms with Gasteiger partial charge < -0.3 is 19.3 Å². The van der Waals surface area contributed by atoms with Crippen LogP contribution in [0.3, 0.4) is 0 Å². The van der Waals surface area contributed by atoms with Crippen LogP contribution in [0.5, 0.6) is 0 Å². The first kappa shape index (κ1) is 16.6. The van der Waals surface area contributed by atoms with E-state index in [2.05, 4.69) is 4.74 Å². The molecule has 1 aromatic heterocycles. The summed E-state index contributed by atoms with van der Waals surface area (Å²) in [5, 5.41) is 0.764. The van der Waals surface area contributed by atoms with Gasteiger partial charge >= 0.3 is 19.5 Å². The van der Waals surface area contributed by atoms with Crippen molar-refractivity contribution in [1.82, 2.24) is 0 Å². The minimum atomic E-state index is -4.19. The van der Waals surface area contributed by atoms with E-state index in [-0.39, 0.29) is 6.61 Å². The van der Waals surface area contributed by atoms with Gasteiger partial charge in [0.25, 0.3) is 0 Å². The molecule has 1 aromatic carbocycles. The predicted octanol–water partition coefficient (Wildman–Crippen LogP) is 2.02.